The van der Waals surface area contributed by atoms with Gasteiger partial charge in [0.25, 0.3) is 0 Å². The maximum atomic E-state index is 5.99. The van der Waals surface area contributed by atoms with Crippen molar-refractivity contribution in [3.8, 4) is 0 Å². The molecule has 1 spiro atoms. The third-order valence-corrected chi connectivity index (χ3v) is 4.97. The van der Waals surface area contributed by atoms with Gasteiger partial charge in [0.05, 0.1) is 11.6 Å². The van der Waals surface area contributed by atoms with E-state index in [9.17, 15) is 0 Å². The first-order chi connectivity index (χ1) is 9.22. The quantitative estimate of drug-likeness (QED) is 0.662. The van der Waals surface area contributed by atoms with Crippen molar-refractivity contribution in [2.45, 2.75) is 43.7 Å². The molecule has 2 heterocycles. The van der Waals surface area contributed by atoms with Crippen LogP contribution < -0.4 is 11.3 Å². The van der Waals surface area contributed by atoms with Crippen LogP contribution in [0.5, 0.6) is 0 Å². The largest absolute Gasteiger partial charge is 0.375 e. The molecular formula is C14H20BrN3O. The summed E-state index contributed by atoms with van der Waals surface area (Å²) in [4.78, 5) is 4.24. The van der Waals surface area contributed by atoms with Crippen LogP contribution in [0.25, 0.3) is 0 Å². The van der Waals surface area contributed by atoms with Crippen LogP contribution in [0, 0.1) is 5.92 Å². The second-order valence-corrected chi connectivity index (χ2v) is 6.63. The zero-order valence-electron chi connectivity index (χ0n) is 10.9. The third-order valence-electron chi connectivity index (χ3n) is 4.53. The summed E-state index contributed by atoms with van der Waals surface area (Å²) in [6, 6.07) is 2.26. The summed E-state index contributed by atoms with van der Waals surface area (Å²) >= 11 is 3.48. The highest BCUT2D eigenvalue weighted by atomic mass is 79.9. The van der Waals surface area contributed by atoms with Crippen molar-refractivity contribution in [1.82, 2.24) is 10.4 Å². The molecule has 19 heavy (non-hydrogen) atoms. The van der Waals surface area contributed by atoms with Crippen LogP contribution in [-0.4, -0.2) is 17.2 Å². The van der Waals surface area contributed by atoms with E-state index in [0.29, 0.717) is 5.92 Å². The number of halogens is 1. The van der Waals surface area contributed by atoms with Gasteiger partial charge in [0.2, 0.25) is 0 Å². The number of nitrogens with two attached hydrogens (primary N) is 1. The number of aromatic nitrogens is 1. The number of nitrogens with zero attached hydrogens (tertiary/aromatic N) is 1. The number of rotatable bonds is 3. The maximum Gasteiger partial charge on any atom is 0.0686 e. The number of pyridine rings is 1. The van der Waals surface area contributed by atoms with Gasteiger partial charge in [0, 0.05) is 23.5 Å². The Balaban J connectivity index is 1.78. The molecule has 5 heteroatoms. The summed E-state index contributed by atoms with van der Waals surface area (Å²) in [6.07, 6.45) is 9.57. The van der Waals surface area contributed by atoms with Gasteiger partial charge in [0.15, 0.2) is 0 Å². The summed E-state index contributed by atoms with van der Waals surface area (Å²) in [6.45, 7) is 0.851. The van der Waals surface area contributed by atoms with E-state index in [1.165, 1.54) is 19.3 Å². The van der Waals surface area contributed by atoms with Crippen LogP contribution >= 0.6 is 15.9 Å². The lowest BCUT2D eigenvalue weighted by Gasteiger charge is -2.48. The normalized spacial score (nSPS) is 26.9. The van der Waals surface area contributed by atoms with Gasteiger partial charge in [-0.3, -0.25) is 16.3 Å². The molecule has 1 aliphatic heterocycles. The van der Waals surface area contributed by atoms with Gasteiger partial charge >= 0.3 is 0 Å². The van der Waals surface area contributed by atoms with Crippen LogP contribution in [0.3, 0.4) is 0 Å². The van der Waals surface area contributed by atoms with Crippen molar-refractivity contribution in [3.05, 3.63) is 28.5 Å². The van der Waals surface area contributed by atoms with Crippen LogP contribution in [0.2, 0.25) is 0 Å². The fourth-order valence-corrected chi connectivity index (χ4v) is 3.76. The summed E-state index contributed by atoms with van der Waals surface area (Å²) in [7, 11) is 0. The maximum absolute atomic E-state index is 5.99. The molecule has 2 fully saturated rings. The lowest BCUT2D eigenvalue weighted by atomic mass is 9.70. The molecule has 2 unspecified atom stereocenters. The van der Waals surface area contributed by atoms with Gasteiger partial charge in [-0.2, -0.15) is 0 Å². The molecule has 1 aliphatic carbocycles. The van der Waals surface area contributed by atoms with Crippen molar-refractivity contribution >= 4 is 15.9 Å². The van der Waals surface area contributed by atoms with Crippen LogP contribution in [-0.2, 0) is 4.74 Å². The fourth-order valence-electron chi connectivity index (χ4n) is 3.37. The number of hydrazine groups is 1. The Hall–Kier alpha value is -0.490. The monoisotopic (exact) mass is 325 g/mol. The molecule has 3 N–H and O–H groups in total. The predicted octanol–water partition coefficient (Wildman–Crippen LogP) is 2.70. The Labute approximate surface area is 122 Å². The number of hydrogen-bond donors (Lipinski definition) is 2. The smallest absolute Gasteiger partial charge is 0.0686 e. The molecule has 0 aromatic carbocycles. The van der Waals surface area contributed by atoms with Gasteiger partial charge in [-0.05, 0) is 65.6 Å². The van der Waals surface area contributed by atoms with Gasteiger partial charge in [-0.25, -0.2) is 0 Å². The molecule has 3 rings (SSSR count). The van der Waals surface area contributed by atoms with E-state index < -0.39 is 0 Å². The van der Waals surface area contributed by atoms with E-state index in [2.05, 4.69) is 32.4 Å². The molecule has 4 nitrogen and oxygen atoms in total. The van der Waals surface area contributed by atoms with Crippen LogP contribution in [0.15, 0.2) is 22.9 Å². The van der Waals surface area contributed by atoms with Crippen LogP contribution in [0.4, 0.5) is 0 Å². The first-order valence-corrected chi connectivity index (χ1v) is 7.72. The molecule has 0 amide bonds. The summed E-state index contributed by atoms with van der Waals surface area (Å²) in [5, 5.41) is 0. The Bertz CT molecular complexity index is 450. The van der Waals surface area contributed by atoms with Crippen molar-refractivity contribution < 1.29 is 4.74 Å². The highest BCUT2D eigenvalue weighted by molar-refractivity contribution is 9.10. The zero-order chi connectivity index (χ0) is 13.3. The van der Waals surface area contributed by atoms with E-state index in [0.717, 1.165) is 29.5 Å². The van der Waals surface area contributed by atoms with Crippen molar-refractivity contribution in [1.29, 1.82) is 0 Å². The van der Waals surface area contributed by atoms with E-state index in [-0.39, 0.29) is 11.6 Å². The number of ether oxygens (including phenoxy) is 1. The van der Waals surface area contributed by atoms with Gasteiger partial charge in [0.1, 0.15) is 0 Å². The summed E-state index contributed by atoms with van der Waals surface area (Å²) in [5.41, 5.74) is 4.29. The lowest BCUT2D eigenvalue weighted by molar-refractivity contribution is -0.147. The molecule has 2 aliphatic rings. The highest BCUT2D eigenvalue weighted by Crippen LogP contribution is 2.47. The van der Waals surface area contributed by atoms with E-state index in [1.54, 1.807) is 6.20 Å². The average Bonchev–Trinajstić information content (AvgIpc) is 2.38. The molecule has 1 saturated carbocycles. The molecule has 0 radical (unpaired) electrons. The van der Waals surface area contributed by atoms with Gasteiger partial charge < -0.3 is 4.74 Å². The second kappa shape index (κ2) is 5.48. The van der Waals surface area contributed by atoms with Crippen molar-refractivity contribution in [3.63, 3.8) is 0 Å². The van der Waals surface area contributed by atoms with Gasteiger partial charge in [-0.1, -0.05) is 0 Å². The Kier molecular flexibility index (Phi) is 3.89. The van der Waals surface area contributed by atoms with Gasteiger partial charge in [-0.15, -0.1) is 0 Å². The highest BCUT2D eigenvalue weighted by Gasteiger charge is 2.44. The molecule has 1 saturated heterocycles. The topological polar surface area (TPSA) is 60.2 Å². The fraction of sp³-hybridized carbons (Fsp3) is 0.643. The molecule has 2 atom stereocenters. The third kappa shape index (κ3) is 2.70. The average molecular weight is 326 g/mol. The minimum Gasteiger partial charge on any atom is -0.375 e. The lowest BCUT2D eigenvalue weighted by Crippen LogP contribution is -2.48. The van der Waals surface area contributed by atoms with Crippen molar-refractivity contribution in [2.75, 3.05) is 6.61 Å². The Morgan fingerprint density at radius 3 is 2.95 bits per heavy atom. The van der Waals surface area contributed by atoms with Crippen molar-refractivity contribution in [2.24, 2.45) is 11.8 Å². The first kappa shape index (κ1) is 13.5. The van der Waals surface area contributed by atoms with Crippen LogP contribution in [0.1, 0.15) is 43.7 Å². The standard InChI is InChI=1S/C14H20BrN3O/c15-12-6-11(8-17-9-12)13(18-16)10-2-5-19-14(7-10)3-1-4-14/h6,8-10,13,18H,1-5,7,16H2. The summed E-state index contributed by atoms with van der Waals surface area (Å²) in [5.74, 6) is 6.32. The molecule has 1 aromatic rings. The summed E-state index contributed by atoms with van der Waals surface area (Å²) < 4.78 is 6.99. The predicted molar refractivity (Wildman–Crippen MR) is 77.3 cm³/mol. The zero-order valence-corrected chi connectivity index (χ0v) is 12.5. The second-order valence-electron chi connectivity index (χ2n) is 5.72. The number of nitrogens with one attached hydrogen (secondary N) is 1. The minimum atomic E-state index is 0.150. The molecule has 0 bridgehead atoms. The first-order valence-electron chi connectivity index (χ1n) is 6.93. The Morgan fingerprint density at radius 1 is 1.47 bits per heavy atom. The molecule has 104 valence electrons. The molecule has 1 aromatic heterocycles. The van der Waals surface area contributed by atoms with E-state index in [1.807, 2.05) is 6.20 Å². The Morgan fingerprint density at radius 2 is 2.32 bits per heavy atom. The minimum absolute atomic E-state index is 0.150. The SMILES string of the molecule is NNC(c1cncc(Br)c1)C1CCOC2(CCC2)C1. The number of hydrogen-bond acceptors (Lipinski definition) is 4. The molecular weight excluding hydrogens is 306 g/mol. The van der Waals surface area contributed by atoms with E-state index >= 15 is 0 Å². The van der Waals surface area contributed by atoms with E-state index in [4.69, 9.17) is 10.6 Å².